The van der Waals surface area contributed by atoms with E-state index in [4.69, 9.17) is 0 Å². The van der Waals surface area contributed by atoms with Crippen LogP contribution in [-0.2, 0) is 34.2 Å². The van der Waals surface area contributed by atoms with Gasteiger partial charge in [-0.05, 0) is 17.8 Å². The molecule has 0 aliphatic heterocycles. The van der Waals surface area contributed by atoms with Gasteiger partial charge in [-0.15, -0.1) is 0 Å². The van der Waals surface area contributed by atoms with Crippen molar-refractivity contribution in [2.45, 2.75) is 13.8 Å². The van der Waals surface area contributed by atoms with Gasteiger partial charge >= 0.3 is 0 Å². The zero-order chi connectivity index (χ0) is 26.0. The van der Waals surface area contributed by atoms with Gasteiger partial charge in [0, 0.05) is 51.1 Å². The minimum absolute atomic E-state index is 0. The van der Waals surface area contributed by atoms with Crippen molar-refractivity contribution in [2.24, 2.45) is 14.1 Å². The molecule has 1 radical (unpaired) electrons. The van der Waals surface area contributed by atoms with Crippen molar-refractivity contribution in [1.82, 2.24) is 29.5 Å². The second kappa shape index (κ2) is 13.9. The van der Waals surface area contributed by atoms with Crippen LogP contribution in [0.3, 0.4) is 0 Å². The molecule has 0 unspecified atom stereocenters. The average molecular weight is 680 g/mol. The molecule has 0 spiro atoms. The van der Waals surface area contributed by atoms with Gasteiger partial charge in [0.25, 0.3) is 0 Å². The van der Waals surface area contributed by atoms with Gasteiger partial charge in [-0.2, -0.15) is 59.7 Å². The molecule has 0 N–H and O–H groups in total. The van der Waals surface area contributed by atoms with Gasteiger partial charge in [-0.1, -0.05) is 37.5 Å². The van der Waals surface area contributed by atoms with Crippen LogP contribution in [0.5, 0.6) is 0 Å². The van der Waals surface area contributed by atoms with Crippen molar-refractivity contribution in [3.63, 3.8) is 0 Å². The van der Waals surface area contributed by atoms with Crippen molar-refractivity contribution in [3.05, 3.63) is 128 Å². The SMILES string of the molecule is Cc1c[c-]c(-n2[c-][n+](C)cc2)cc1.Cc1c[c-]c(-n2[c-][n+](C)cc2)cc1.[Ir].c1ccc(-c2cnn[n-]2)nc1. The van der Waals surface area contributed by atoms with Gasteiger partial charge in [0.05, 0.1) is 19.8 Å². The predicted octanol–water partition coefficient (Wildman–Crippen LogP) is 2.91. The molecule has 0 bridgehead atoms. The summed E-state index contributed by atoms with van der Waals surface area (Å²) in [7, 11) is 3.90. The zero-order valence-corrected chi connectivity index (χ0v) is 24.0. The molecule has 0 saturated carbocycles. The maximum atomic E-state index is 4.08. The number of imidazole rings is 2. The first-order valence-electron chi connectivity index (χ1n) is 11.6. The van der Waals surface area contributed by atoms with E-state index in [9.17, 15) is 0 Å². The van der Waals surface area contributed by atoms with E-state index in [0.717, 1.165) is 17.1 Å². The number of hydrogen-bond donors (Lipinski definition) is 0. The molecule has 4 aromatic heterocycles. The number of aromatic nitrogens is 8. The summed E-state index contributed by atoms with van der Waals surface area (Å²) in [5, 5.41) is 10.8. The van der Waals surface area contributed by atoms with Gasteiger partial charge in [0.2, 0.25) is 12.7 Å². The minimum atomic E-state index is 0. The maximum absolute atomic E-state index is 4.08. The molecular weight excluding hydrogens is 653 g/mol. The standard InChI is InChI=1S/2C11H11N2.C7H5N4.Ir/c2*1-10-3-5-11(6-4-10)13-8-7-12(2)9-13;1-2-4-8-6(3-1)7-5-9-11-10-7;/h2*3-5,7-8H,1-2H3;1-5H;/q3*-1;. The fraction of sp³-hybridized carbons (Fsp3) is 0.138. The summed E-state index contributed by atoms with van der Waals surface area (Å²) < 4.78 is 7.60. The van der Waals surface area contributed by atoms with Crippen LogP contribution in [0.1, 0.15) is 11.1 Å². The Morgan fingerprint density at radius 3 is 1.74 bits per heavy atom. The van der Waals surface area contributed by atoms with E-state index in [1.807, 2.05) is 99.6 Å². The van der Waals surface area contributed by atoms with Crippen molar-refractivity contribution in [2.75, 3.05) is 0 Å². The number of aryl methyl sites for hydroxylation is 4. The van der Waals surface area contributed by atoms with Crippen LogP contribution in [0, 0.1) is 38.6 Å². The molecule has 9 heteroatoms. The third-order valence-corrected chi connectivity index (χ3v) is 5.14. The number of benzene rings is 2. The number of rotatable bonds is 3. The van der Waals surface area contributed by atoms with Crippen LogP contribution in [0.4, 0.5) is 0 Å². The van der Waals surface area contributed by atoms with E-state index in [1.54, 1.807) is 12.4 Å². The van der Waals surface area contributed by atoms with Crippen LogP contribution >= 0.6 is 0 Å². The molecule has 4 heterocycles. The molecule has 2 aromatic carbocycles. The van der Waals surface area contributed by atoms with Gasteiger partial charge in [0.1, 0.15) is 0 Å². The first-order chi connectivity index (χ1) is 18.0. The summed E-state index contributed by atoms with van der Waals surface area (Å²) in [6, 6.07) is 24.1. The second-order valence-electron chi connectivity index (χ2n) is 8.29. The summed E-state index contributed by atoms with van der Waals surface area (Å²) in [5.74, 6) is 0. The Morgan fingerprint density at radius 1 is 0.789 bits per heavy atom. The minimum Gasteiger partial charge on any atom is -0.358 e. The Morgan fingerprint density at radius 2 is 1.37 bits per heavy atom. The number of pyridine rings is 1. The monoisotopic (exact) mass is 680 g/mol. The van der Waals surface area contributed by atoms with E-state index in [-0.39, 0.29) is 20.1 Å². The fourth-order valence-corrected chi connectivity index (χ4v) is 3.18. The van der Waals surface area contributed by atoms with Crippen LogP contribution in [0.15, 0.2) is 91.8 Å². The molecule has 0 atom stereocenters. The molecule has 8 nitrogen and oxygen atoms in total. The molecule has 0 amide bonds. The van der Waals surface area contributed by atoms with E-state index in [2.05, 4.69) is 71.2 Å². The number of nitrogens with zero attached hydrogens (tertiary/aromatic N) is 8. The first kappa shape index (κ1) is 28.4. The van der Waals surface area contributed by atoms with E-state index in [1.165, 1.54) is 11.1 Å². The van der Waals surface area contributed by atoms with E-state index >= 15 is 0 Å². The Hall–Kier alpha value is -4.20. The molecule has 0 aliphatic rings. The number of hydrogen-bond acceptors (Lipinski definition) is 3. The van der Waals surface area contributed by atoms with Crippen LogP contribution in [-0.4, -0.2) is 24.4 Å². The quantitative estimate of drug-likeness (QED) is 0.213. The summed E-state index contributed by atoms with van der Waals surface area (Å²) in [6.07, 6.45) is 17.3. The largest absolute Gasteiger partial charge is 0.358 e. The van der Waals surface area contributed by atoms with Gasteiger partial charge in [-0.25, -0.2) is 0 Å². The van der Waals surface area contributed by atoms with Crippen molar-refractivity contribution < 1.29 is 29.2 Å². The van der Waals surface area contributed by atoms with Gasteiger partial charge in [0.15, 0.2) is 0 Å². The predicted molar refractivity (Wildman–Crippen MR) is 137 cm³/mol. The van der Waals surface area contributed by atoms with E-state index < -0.39 is 0 Å². The summed E-state index contributed by atoms with van der Waals surface area (Å²) in [6.45, 7) is 4.11. The van der Waals surface area contributed by atoms with Crippen LogP contribution < -0.4 is 14.2 Å². The van der Waals surface area contributed by atoms with Crippen LogP contribution in [0.2, 0.25) is 0 Å². The first-order valence-corrected chi connectivity index (χ1v) is 11.6. The van der Waals surface area contributed by atoms with E-state index in [0.29, 0.717) is 5.69 Å². The van der Waals surface area contributed by atoms with Crippen LogP contribution in [0.25, 0.3) is 22.8 Å². The Labute approximate surface area is 236 Å². The third kappa shape index (κ3) is 8.16. The molecule has 0 aliphatic carbocycles. The molecule has 0 saturated heterocycles. The molecule has 6 aromatic rings. The Bertz CT molecular complexity index is 1410. The van der Waals surface area contributed by atoms with Crippen molar-refractivity contribution in [3.8, 4) is 22.8 Å². The normalized spacial score (nSPS) is 9.89. The molecule has 195 valence electrons. The summed E-state index contributed by atoms with van der Waals surface area (Å²) in [4.78, 5) is 4.08. The second-order valence-corrected chi connectivity index (χ2v) is 8.29. The maximum Gasteiger partial charge on any atom is 0.241 e. The molecular formula is C29H27IrN8-3. The Balaban J connectivity index is 0.000000156. The Kier molecular flexibility index (Phi) is 10.4. The van der Waals surface area contributed by atoms with Gasteiger partial charge in [-0.3, -0.25) is 10.2 Å². The average Bonchev–Trinajstić information content (AvgIpc) is 3.69. The fourth-order valence-electron chi connectivity index (χ4n) is 3.18. The van der Waals surface area contributed by atoms with Crippen molar-refractivity contribution in [1.29, 1.82) is 0 Å². The third-order valence-electron chi connectivity index (χ3n) is 5.14. The molecule has 38 heavy (non-hydrogen) atoms. The zero-order valence-electron chi connectivity index (χ0n) is 21.6. The topological polar surface area (TPSA) is 70.4 Å². The van der Waals surface area contributed by atoms with Crippen molar-refractivity contribution >= 4 is 0 Å². The summed E-state index contributed by atoms with van der Waals surface area (Å²) >= 11 is 0. The summed E-state index contributed by atoms with van der Waals surface area (Å²) in [5.41, 5.74) is 6.00. The molecule has 6 rings (SSSR count). The molecule has 0 fully saturated rings. The van der Waals surface area contributed by atoms with Gasteiger partial charge < -0.3 is 28.5 Å². The smallest absolute Gasteiger partial charge is 0.241 e.